The Morgan fingerprint density at radius 3 is 2.35 bits per heavy atom. The Morgan fingerprint density at radius 1 is 1.24 bits per heavy atom. The number of alkyl halides is 4. The van der Waals surface area contributed by atoms with Crippen molar-refractivity contribution < 1.29 is 22.3 Å². The van der Waals surface area contributed by atoms with Gasteiger partial charge in [-0.25, -0.2) is 8.78 Å². The van der Waals surface area contributed by atoms with Gasteiger partial charge >= 0.3 is 12.3 Å². The van der Waals surface area contributed by atoms with E-state index < -0.39 is 24.8 Å². The Morgan fingerprint density at radius 2 is 1.82 bits per heavy atom. The first-order valence-electron chi connectivity index (χ1n) is 4.04. The zero-order valence-corrected chi connectivity index (χ0v) is 10.1. The van der Waals surface area contributed by atoms with Crippen molar-refractivity contribution >= 4 is 34.8 Å². The molecule has 17 heavy (non-hydrogen) atoms. The van der Waals surface area contributed by atoms with Gasteiger partial charge < -0.3 is 4.74 Å². The van der Waals surface area contributed by atoms with Gasteiger partial charge in [0.25, 0.3) is 0 Å². The summed E-state index contributed by atoms with van der Waals surface area (Å²) in [4.78, 5) is 3.44. The lowest BCUT2D eigenvalue weighted by Gasteiger charge is -2.16. The molecule has 2 nitrogen and oxygen atoms in total. The summed E-state index contributed by atoms with van der Waals surface area (Å²) in [5, 5.41) is -0.444. The maximum Gasteiger partial charge on any atom is 0.340 e. The molecule has 0 aliphatic rings. The molecule has 0 amide bonds. The third kappa shape index (κ3) is 3.76. The average molecular weight is 312 g/mol. The van der Waals surface area contributed by atoms with Crippen LogP contribution in [0.5, 0.6) is 5.88 Å². The predicted octanol–water partition coefficient (Wildman–Crippen LogP) is 4.32. The average Bonchev–Trinajstić information content (AvgIpc) is 2.21. The molecule has 1 rings (SSSR count). The Labute approximate surface area is 108 Å². The van der Waals surface area contributed by atoms with Crippen LogP contribution in [0.3, 0.4) is 0 Å². The Balaban J connectivity index is 2.80. The van der Waals surface area contributed by atoms with E-state index in [1.165, 1.54) is 0 Å². The van der Waals surface area contributed by atoms with E-state index in [4.69, 9.17) is 34.8 Å². The fourth-order valence-corrected chi connectivity index (χ4v) is 1.30. The molecule has 0 spiro atoms. The molecule has 0 saturated carbocycles. The van der Waals surface area contributed by atoms with Crippen LogP contribution in [0.2, 0.25) is 15.2 Å². The summed E-state index contributed by atoms with van der Waals surface area (Å²) in [7, 11) is 0. The Bertz CT molecular complexity index is 416. The van der Waals surface area contributed by atoms with Crippen LogP contribution in [0.1, 0.15) is 0 Å². The highest BCUT2D eigenvalue weighted by atomic mass is 35.5. The summed E-state index contributed by atoms with van der Waals surface area (Å²) in [5.74, 6) is -4.78. The van der Waals surface area contributed by atoms with Gasteiger partial charge in [0.2, 0.25) is 5.88 Å². The van der Waals surface area contributed by atoms with Crippen LogP contribution in [0.25, 0.3) is 0 Å². The van der Waals surface area contributed by atoms with Crippen molar-refractivity contribution in [3.05, 3.63) is 21.3 Å². The first kappa shape index (κ1) is 14.6. The van der Waals surface area contributed by atoms with Crippen LogP contribution >= 0.6 is 34.8 Å². The molecule has 0 aromatic carbocycles. The molecule has 0 aliphatic carbocycles. The predicted molar refractivity (Wildman–Crippen MR) is 55.7 cm³/mol. The molecule has 0 bridgehead atoms. The number of pyridine rings is 1. The van der Waals surface area contributed by atoms with Crippen LogP contribution in [0.15, 0.2) is 6.07 Å². The van der Waals surface area contributed by atoms with Crippen LogP contribution in [0.4, 0.5) is 17.6 Å². The van der Waals surface area contributed by atoms with Gasteiger partial charge in [0, 0.05) is 0 Å². The van der Waals surface area contributed by atoms with Gasteiger partial charge in [0.1, 0.15) is 5.02 Å². The Kier molecular flexibility index (Phi) is 4.69. The van der Waals surface area contributed by atoms with Crippen LogP contribution < -0.4 is 4.74 Å². The third-order valence-corrected chi connectivity index (χ3v) is 2.52. The lowest BCUT2D eigenvalue weighted by molar-refractivity contribution is -0.148. The van der Waals surface area contributed by atoms with Gasteiger partial charge in [-0.1, -0.05) is 34.8 Å². The van der Waals surface area contributed by atoms with Gasteiger partial charge in [0.15, 0.2) is 11.8 Å². The molecule has 0 saturated heterocycles. The van der Waals surface area contributed by atoms with Crippen molar-refractivity contribution in [3.8, 4) is 5.88 Å². The molecular formula is C8H4Cl3F4NO. The number of ether oxygens (including phenoxy) is 1. The summed E-state index contributed by atoms with van der Waals surface area (Å²) >= 11 is 16.6. The highest BCUT2D eigenvalue weighted by Gasteiger charge is 2.42. The fourth-order valence-electron chi connectivity index (χ4n) is 0.757. The van der Waals surface area contributed by atoms with Gasteiger partial charge in [-0.15, -0.1) is 0 Å². The minimum Gasteiger partial charge on any atom is -0.470 e. The van der Waals surface area contributed by atoms with E-state index in [9.17, 15) is 17.6 Å². The number of nitrogens with zero attached hydrogens (tertiary/aromatic N) is 1. The number of halogens is 7. The first-order chi connectivity index (χ1) is 7.74. The number of aromatic nitrogens is 1. The number of rotatable bonds is 4. The van der Waals surface area contributed by atoms with Crippen molar-refractivity contribution in [1.82, 2.24) is 4.98 Å². The van der Waals surface area contributed by atoms with Crippen molar-refractivity contribution in [2.45, 2.75) is 12.3 Å². The molecule has 0 N–H and O–H groups in total. The van der Waals surface area contributed by atoms with Crippen LogP contribution in [-0.4, -0.2) is 23.9 Å². The van der Waals surface area contributed by atoms with Gasteiger partial charge in [-0.05, 0) is 6.07 Å². The fraction of sp³-hybridized carbons (Fsp3) is 0.375. The molecule has 96 valence electrons. The molecule has 0 fully saturated rings. The largest absolute Gasteiger partial charge is 0.470 e. The summed E-state index contributed by atoms with van der Waals surface area (Å²) in [6, 6.07) is 1.11. The van der Waals surface area contributed by atoms with E-state index >= 15 is 0 Å². The summed E-state index contributed by atoms with van der Waals surface area (Å²) in [5.41, 5.74) is 0. The second kappa shape index (κ2) is 5.46. The molecule has 1 heterocycles. The lowest BCUT2D eigenvalue weighted by atomic mass is 10.4. The second-order valence-corrected chi connectivity index (χ2v) is 4.07. The minimum absolute atomic E-state index is 0.00960. The molecular weight excluding hydrogens is 308 g/mol. The molecule has 1 aromatic heterocycles. The minimum atomic E-state index is -4.29. The van der Waals surface area contributed by atoms with Crippen molar-refractivity contribution in [1.29, 1.82) is 0 Å². The highest BCUT2D eigenvalue weighted by molar-refractivity contribution is 6.42. The first-order valence-corrected chi connectivity index (χ1v) is 5.17. The number of hydrogen-bond acceptors (Lipinski definition) is 2. The van der Waals surface area contributed by atoms with E-state index in [1.54, 1.807) is 0 Å². The van der Waals surface area contributed by atoms with E-state index in [0.29, 0.717) is 0 Å². The normalized spacial score (nSPS) is 12.0. The van der Waals surface area contributed by atoms with E-state index in [2.05, 4.69) is 9.72 Å². The monoisotopic (exact) mass is 311 g/mol. The molecule has 0 unspecified atom stereocenters. The molecule has 9 heteroatoms. The van der Waals surface area contributed by atoms with E-state index in [0.717, 1.165) is 6.07 Å². The van der Waals surface area contributed by atoms with Crippen molar-refractivity contribution in [2.24, 2.45) is 0 Å². The summed E-state index contributed by atoms with van der Waals surface area (Å²) < 4.78 is 53.1. The van der Waals surface area contributed by atoms with Gasteiger partial charge in [-0.2, -0.15) is 13.8 Å². The topological polar surface area (TPSA) is 22.1 Å². The van der Waals surface area contributed by atoms with Crippen molar-refractivity contribution in [3.63, 3.8) is 0 Å². The van der Waals surface area contributed by atoms with Crippen LogP contribution in [-0.2, 0) is 0 Å². The highest BCUT2D eigenvalue weighted by Crippen LogP contribution is 2.32. The molecule has 0 aliphatic heterocycles. The summed E-state index contributed by atoms with van der Waals surface area (Å²) in [6.45, 7) is -1.56. The third-order valence-electron chi connectivity index (χ3n) is 1.58. The maximum absolute atomic E-state index is 12.5. The summed E-state index contributed by atoms with van der Waals surface area (Å²) in [6.07, 6.45) is -3.84. The zero-order chi connectivity index (χ0) is 13.2. The molecule has 0 atom stereocenters. The molecule has 0 radical (unpaired) electrons. The van der Waals surface area contributed by atoms with Gasteiger partial charge in [-0.3, -0.25) is 0 Å². The van der Waals surface area contributed by atoms with Crippen LogP contribution in [0, 0.1) is 0 Å². The van der Waals surface area contributed by atoms with E-state index in [-0.39, 0.29) is 15.2 Å². The lowest BCUT2D eigenvalue weighted by Crippen LogP contribution is -2.34. The smallest absolute Gasteiger partial charge is 0.340 e. The van der Waals surface area contributed by atoms with Crippen molar-refractivity contribution in [2.75, 3.05) is 6.61 Å². The maximum atomic E-state index is 12.5. The second-order valence-electron chi connectivity index (χ2n) is 2.90. The molecule has 1 aromatic rings. The standard InChI is InChI=1S/C8H4Cl3F4NO/c9-3-1-4(10)6(16-5(3)11)17-2-8(14,15)7(12)13/h1,7H,2H2. The van der Waals surface area contributed by atoms with Gasteiger partial charge in [0.05, 0.1) is 5.02 Å². The Hall–Kier alpha value is -0.460. The van der Waals surface area contributed by atoms with E-state index in [1.807, 2.05) is 0 Å². The SMILES string of the molecule is FC(F)C(F)(F)COc1nc(Cl)c(Cl)cc1Cl. The quantitative estimate of drug-likeness (QED) is 0.610. The zero-order valence-electron chi connectivity index (χ0n) is 7.86. The number of hydrogen-bond donors (Lipinski definition) is 0.